The molecule has 2 rings (SSSR count). The third-order valence-corrected chi connectivity index (χ3v) is 3.09. The molecule has 0 saturated heterocycles. The van der Waals surface area contributed by atoms with E-state index in [0.29, 0.717) is 16.5 Å². The van der Waals surface area contributed by atoms with Crippen molar-refractivity contribution in [1.82, 2.24) is 25.1 Å². The molecule has 0 aliphatic heterocycles. The van der Waals surface area contributed by atoms with Gasteiger partial charge in [-0.25, -0.2) is 9.97 Å². The summed E-state index contributed by atoms with van der Waals surface area (Å²) in [6.07, 6.45) is 3.34. The number of nitrogens with one attached hydrogen (secondary N) is 1. The molecule has 1 atom stereocenters. The summed E-state index contributed by atoms with van der Waals surface area (Å²) < 4.78 is 0. The first-order chi connectivity index (χ1) is 8.11. The predicted molar refractivity (Wildman–Crippen MR) is 66.7 cm³/mol. The van der Waals surface area contributed by atoms with E-state index in [4.69, 9.17) is 11.6 Å². The van der Waals surface area contributed by atoms with Gasteiger partial charge in [0.25, 0.3) is 0 Å². The second-order valence-electron chi connectivity index (χ2n) is 4.01. The Balaban J connectivity index is 2.40. The van der Waals surface area contributed by atoms with Crippen LogP contribution in [0.15, 0.2) is 18.5 Å². The van der Waals surface area contributed by atoms with E-state index >= 15 is 0 Å². The fraction of sp³-hybridized carbons (Fsp3) is 0.364. The molecule has 0 radical (unpaired) electrons. The lowest BCUT2D eigenvalue weighted by atomic mass is 10.2. The van der Waals surface area contributed by atoms with Gasteiger partial charge in [0.05, 0.1) is 10.7 Å². The smallest absolute Gasteiger partial charge is 0.181 e. The van der Waals surface area contributed by atoms with Crippen LogP contribution in [-0.4, -0.2) is 39.2 Å². The minimum Gasteiger partial charge on any atom is -0.301 e. The van der Waals surface area contributed by atoms with Crippen molar-refractivity contribution in [3.05, 3.63) is 29.2 Å². The van der Waals surface area contributed by atoms with Crippen molar-refractivity contribution in [1.29, 1.82) is 0 Å². The van der Waals surface area contributed by atoms with Crippen molar-refractivity contribution in [3.63, 3.8) is 0 Å². The molecule has 5 nitrogen and oxygen atoms in total. The van der Waals surface area contributed by atoms with Crippen LogP contribution in [0.4, 0.5) is 0 Å². The molecular formula is C11H14ClN5. The van der Waals surface area contributed by atoms with Crippen molar-refractivity contribution < 1.29 is 0 Å². The lowest BCUT2D eigenvalue weighted by Gasteiger charge is -2.18. The minimum absolute atomic E-state index is 0.160. The molecule has 6 heteroatoms. The molecule has 0 bridgehead atoms. The fourth-order valence-corrected chi connectivity index (χ4v) is 1.77. The lowest BCUT2D eigenvalue weighted by molar-refractivity contribution is 0.315. The number of aromatic nitrogens is 4. The number of rotatable bonds is 3. The first kappa shape index (κ1) is 12.0. The van der Waals surface area contributed by atoms with E-state index in [1.165, 1.54) is 0 Å². The summed E-state index contributed by atoms with van der Waals surface area (Å²) in [6.45, 7) is 2.05. The van der Waals surface area contributed by atoms with E-state index in [1.54, 1.807) is 18.5 Å². The minimum atomic E-state index is 0.160. The van der Waals surface area contributed by atoms with E-state index in [2.05, 4.69) is 32.0 Å². The van der Waals surface area contributed by atoms with Gasteiger partial charge >= 0.3 is 0 Å². The van der Waals surface area contributed by atoms with Crippen LogP contribution in [0.2, 0.25) is 5.02 Å². The molecule has 0 saturated carbocycles. The highest BCUT2D eigenvalue weighted by Crippen LogP contribution is 2.30. The molecule has 1 unspecified atom stereocenters. The molecule has 90 valence electrons. The fourth-order valence-electron chi connectivity index (χ4n) is 1.45. The van der Waals surface area contributed by atoms with E-state index in [9.17, 15) is 0 Å². The first-order valence-corrected chi connectivity index (χ1v) is 5.66. The highest BCUT2D eigenvalue weighted by molar-refractivity contribution is 6.33. The number of nitrogens with zero attached hydrogens (tertiary/aromatic N) is 4. The van der Waals surface area contributed by atoms with Gasteiger partial charge in [-0.1, -0.05) is 11.6 Å². The largest absolute Gasteiger partial charge is 0.301 e. The molecule has 0 spiro atoms. The van der Waals surface area contributed by atoms with Crippen molar-refractivity contribution in [3.8, 4) is 11.5 Å². The number of aromatic amines is 1. The van der Waals surface area contributed by atoms with Gasteiger partial charge in [-0.2, -0.15) is 5.10 Å². The highest BCUT2D eigenvalue weighted by atomic mass is 35.5. The Bertz CT molecular complexity index is 494. The zero-order chi connectivity index (χ0) is 12.4. The van der Waals surface area contributed by atoms with Gasteiger partial charge in [0.1, 0.15) is 5.69 Å². The zero-order valence-corrected chi connectivity index (χ0v) is 10.7. The number of H-pyrrole nitrogens is 1. The molecule has 2 aromatic heterocycles. The molecule has 2 heterocycles. The first-order valence-electron chi connectivity index (χ1n) is 5.29. The van der Waals surface area contributed by atoms with Crippen LogP contribution in [0.3, 0.4) is 0 Å². The Hall–Kier alpha value is -1.46. The van der Waals surface area contributed by atoms with Gasteiger partial charge in [0.15, 0.2) is 5.82 Å². The molecule has 0 aliphatic rings. The van der Waals surface area contributed by atoms with Gasteiger partial charge in [0, 0.05) is 18.4 Å². The number of halogens is 1. The SMILES string of the molecule is CC(c1[nH]nc(-c2ncccn2)c1Cl)N(C)C. The number of hydrogen-bond donors (Lipinski definition) is 1. The van der Waals surface area contributed by atoms with Crippen molar-refractivity contribution >= 4 is 11.6 Å². The van der Waals surface area contributed by atoms with Crippen LogP contribution in [0.25, 0.3) is 11.5 Å². The van der Waals surface area contributed by atoms with E-state index in [1.807, 2.05) is 14.1 Å². The molecule has 0 aromatic carbocycles. The normalized spacial score (nSPS) is 13.0. The summed E-state index contributed by atoms with van der Waals surface area (Å²) in [7, 11) is 3.97. The van der Waals surface area contributed by atoms with Crippen LogP contribution >= 0.6 is 11.6 Å². The Morgan fingerprint density at radius 1 is 1.29 bits per heavy atom. The van der Waals surface area contributed by atoms with Gasteiger partial charge in [0.2, 0.25) is 0 Å². The van der Waals surface area contributed by atoms with Gasteiger partial charge in [-0.05, 0) is 27.1 Å². The molecule has 2 aromatic rings. The third-order valence-electron chi connectivity index (χ3n) is 2.70. The zero-order valence-electron chi connectivity index (χ0n) is 9.98. The third kappa shape index (κ3) is 2.30. The van der Waals surface area contributed by atoms with Crippen LogP contribution in [0, 0.1) is 0 Å². The summed E-state index contributed by atoms with van der Waals surface area (Å²) in [5, 5.41) is 7.71. The maximum atomic E-state index is 6.30. The van der Waals surface area contributed by atoms with Gasteiger partial charge < -0.3 is 4.90 Å². The van der Waals surface area contributed by atoms with Crippen LogP contribution in [0.5, 0.6) is 0 Å². The van der Waals surface area contributed by atoms with Gasteiger partial charge in [-0.15, -0.1) is 0 Å². The molecule has 0 amide bonds. The maximum Gasteiger partial charge on any atom is 0.181 e. The summed E-state index contributed by atoms with van der Waals surface area (Å²) >= 11 is 6.30. The molecule has 17 heavy (non-hydrogen) atoms. The van der Waals surface area contributed by atoms with Crippen LogP contribution in [-0.2, 0) is 0 Å². The quantitative estimate of drug-likeness (QED) is 0.908. The van der Waals surface area contributed by atoms with E-state index < -0.39 is 0 Å². The Morgan fingerprint density at radius 2 is 1.94 bits per heavy atom. The predicted octanol–water partition coefficient (Wildman–Crippen LogP) is 2.14. The monoisotopic (exact) mass is 251 g/mol. The second kappa shape index (κ2) is 4.81. The molecule has 1 N–H and O–H groups in total. The second-order valence-corrected chi connectivity index (χ2v) is 4.39. The summed E-state index contributed by atoms with van der Waals surface area (Å²) in [6, 6.07) is 1.92. The van der Waals surface area contributed by atoms with Crippen molar-refractivity contribution in [2.75, 3.05) is 14.1 Å². The summed E-state index contributed by atoms with van der Waals surface area (Å²) in [4.78, 5) is 10.3. The van der Waals surface area contributed by atoms with Crippen LogP contribution < -0.4 is 0 Å². The topological polar surface area (TPSA) is 57.7 Å². The lowest BCUT2D eigenvalue weighted by Crippen LogP contribution is -2.17. The maximum absolute atomic E-state index is 6.30. The molecular weight excluding hydrogens is 238 g/mol. The Morgan fingerprint density at radius 3 is 2.53 bits per heavy atom. The number of hydrogen-bond acceptors (Lipinski definition) is 4. The highest BCUT2D eigenvalue weighted by Gasteiger charge is 2.20. The Labute approximate surface area is 105 Å². The van der Waals surface area contributed by atoms with Crippen LogP contribution in [0.1, 0.15) is 18.7 Å². The average Bonchev–Trinajstić information content (AvgIpc) is 2.71. The standard InChI is InChI=1S/C11H14ClN5/c1-7(17(2)3)9-8(12)10(16-15-9)11-13-5-4-6-14-11/h4-7H,1-3H3,(H,15,16). The molecule has 0 fully saturated rings. The van der Waals surface area contributed by atoms with Crippen molar-refractivity contribution in [2.45, 2.75) is 13.0 Å². The molecule has 0 aliphatic carbocycles. The average molecular weight is 252 g/mol. The summed E-state index contributed by atoms with van der Waals surface area (Å²) in [5.74, 6) is 0.533. The van der Waals surface area contributed by atoms with Crippen molar-refractivity contribution in [2.24, 2.45) is 0 Å². The van der Waals surface area contributed by atoms with E-state index in [0.717, 1.165) is 5.69 Å². The van der Waals surface area contributed by atoms with Gasteiger partial charge in [-0.3, -0.25) is 5.10 Å². The van der Waals surface area contributed by atoms with E-state index in [-0.39, 0.29) is 6.04 Å². The Kier molecular flexibility index (Phi) is 3.40. The summed E-state index contributed by atoms with van der Waals surface area (Å²) in [5.41, 5.74) is 1.47.